The van der Waals surface area contributed by atoms with Gasteiger partial charge in [0.05, 0.1) is 21.7 Å². The molecule has 0 aliphatic rings. The molecule has 2 nitrogen and oxygen atoms in total. The molecule has 90 valence electrons. The zero-order valence-electron chi connectivity index (χ0n) is 9.46. The molecule has 1 aromatic carbocycles. The van der Waals surface area contributed by atoms with Crippen LogP contribution in [0.2, 0.25) is 0 Å². The molecule has 0 aliphatic heterocycles. The van der Waals surface area contributed by atoms with Gasteiger partial charge in [0.25, 0.3) is 0 Å². The second-order valence-electron chi connectivity index (χ2n) is 3.76. The van der Waals surface area contributed by atoms with E-state index in [0.29, 0.717) is 0 Å². The molecule has 0 saturated heterocycles. The number of benzene rings is 1. The molecule has 0 spiro atoms. The molecule has 0 radical (unpaired) electrons. The maximum absolute atomic E-state index is 9.06. The maximum Gasteiger partial charge on any atom is 0.148 e. The first kappa shape index (κ1) is 14.0. The zero-order chi connectivity index (χ0) is 12.1. The number of hydrogen-bond donors (Lipinski definition) is 1. The van der Waals surface area contributed by atoms with E-state index in [2.05, 4.69) is 45.7 Å². The van der Waals surface area contributed by atoms with E-state index in [-0.39, 0.29) is 12.7 Å². The lowest BCUT2D eigenvalue weighted by atomic mass is 10.2. The lowest BCUT2D eigenvalue weighted by Gasteiger charge is -2.17. The van der Waals surface area contributed by atoms with Gasteiger partial charge in [-0.1, -0.05) is 13.3 Å². The monoisotopic (exact) mass is 350 g/mol. The molecule has 1 N–H and O–H groups in total. The van der Waals surface area contributed by atoms with E-state index in [1.54, 1.807) is 0 Å². The molecule has 0 amide bonds. The highest BCUT2D eigenvalue weighted by Gasteiger charge is 2.11. The Balaban J connectivity index is 2.87. The van der Waals surface area contributed by atoms with E-state index in [1.807, 2.05) is 12.1 Å². The molecule has 0 saturated carbocycles. The maximum atomic E-state index is 9.06. The first-order valence-electron chi connectivity index (χ1n) is 5.33. The van der Waals surface area contributed by atoms with E-state index in [1.165, 1.54) is 0 Å². The van der Waals surface area contributed by atoms with Gasteiger partial charge < -0.3 is 9.84 Å². The molecule has 4 heteroatoms. The van der Waals surface area contributed by atoms with Crippen LogP contribution < -0.4 is 4.74 Å². The Labute approximate surface area is 113 Å². The summed E-state index contributed by atoms with van der Waals surface area (Å²) in [6.45, 7) is 4.23. The third-order valence-corrected chi connectivity index (χ3v) is 3.43. The molecule has 1 atom stereocenters. The largest absolute Gasteiger partial charge is 0.488 e. The van der Waals surface area contributed by atoms with Crippen molar-refractivity contribution in [2.24, 2.45) is 0 Å². The minimum absolute atomic E-state index is 0.0298. The van der Waals surface area contributed by atoms with Crippen molar-refractivity contribution in [1.29, 1.82) is 0 Å². The minimum Gasteiger partial charge on any atom is -0.488 e. The predicted molar refractivity (Wildman–Crippen MR) is 72.8 cm³/mol. The van der Waals surface area contributed by atoms with Gasteiger partial charge in [0.15, 0.2) is 0 Å². The summed E-state index contributed by atoms with van der Waals surface area (Å²) < 4.78 is 7.58. The van der Waals surface area contributed by atoms with Crippen molar-refractivity contribution in [3.63, 3.8) is 0 Å². The fourth-order valence-electron chi connectivity index (χ4n) is 1.48. The number of ether oxygens (including phenoxy) is 1. The zero-order valence-corrected chi connectivity index (χ0v) is 12.6. The van der Waals surface area contributed by atoms with Crippen molar-refractivity contribution in [2.45, 2.75) is 39.4 Å². The summed E-state index contributed by atoms with van der Waals surface area (Å²) in [5, 5.41) is 9.06. The van der Waals surface area contributed by atoms with Crippen molar-refractivity contribution >= 4 is 31.9 Å². The third-order valence-electron chi connectivity index (χ3n) is 2.25. The summed E-state index contributed by atoms with van der Waals surface area (Å²) in [4.78, 5) is 0. The normalized spacial score (nSPS) is 12.6. The van der Waals surface area contributed by atoms with Crippen molar-refractivity contribution < 1.29 is 9.84 Å². The Morgan fingerprint density at radius 3 is 2.31 bits per heavy atom. The molecule has 0 heterocycles. The van der Waals surface area contributed by atoms with Crippen LogP contribution in [0.5, 0.6) is 5.75 Å². The highest BCUT2D eigenvalue weighted by Crippen LogP contribution is 2.35. The Morgan fingerprint density at radius 1 is 1.31 bits per heavy atom. The molecule has 0 bridgehead atoms. The Bertz CT molecular complexity index is 330. The highest BCUT2D eigenvalue weighted by atomic mass is 79.9. The second-order valence-corrected chi connectivity index (χ2v) is 5.47. The van der Waals surface area contributed by atoms with Crippen molar-refractivity contribution in [3.05, 3.63) is 26.6 Å². The average molecular weight is 352 g/mol. The van der Waals surface area contributed by atoms with Crippen LogP contribution in [0.3, 0.4) is 0 Å². The van der Waals surface area contributed by atoms with E-state index in [0.717, 1.165) is 33.1 Å². The summed E-state index contributed by atoms with van der Waals surface area (Å²) in [5.74, 6) is 0.804. The van der Waals surface area contributed by atoms with Gasteiger partial charge in [-0.25, -0.2) is 0 Å². The van der Waals surface area contributed by atoms with Gasteiger partial charge in [0.1, 0.15) is 5.75 Å². The molecule has 0 aromatic heterocycles. The van der Waals surface area contributed by atoms with Crippen molar-refractivity contribution in [3.8, 4) is 5.75 Å². The van der Waals surface area contributed by atoms with Gasteiger partial charge in [-0.3, -0.25) is 0 Å². The van der Waals surface area contributed by atoms with Crippen LogP contribution in [0, 0.1) is 0 Å². The fraction of sp³-hybridized carbons (Fsp3) is 0.500. The summed E-state index contributed by atoms with van der Waals surface area (Å²) in [5.41, 5.74) is 0.856. The van der Waals surface area contributed by atoms with Gasteiger partial charge >= 0.3 is 0 Å². The SMILES string of the molecule is CCCC(C)Oc1c(Br)cc(CO)cc1Br. The smallest absolute Gasteiger partial charge is 0.148 e. The second kappa shape index (κ2) is 6.62. The van der Waals surface area contributed by atoms with Crippen LogP contribution in [-0.2, 0) is 6.61 Å². The number of aliphatic hydroxyl groups excluding tert-OH is 1. The van der Waals surface area contributed by atoms with Crippen LogP contribution in [0.25, 0.3) is 0 Å². The molecular weight excluding hydrogens is 336 g/mol. The molecule has 0 fully saturated rings. The molecule has 16 heavy (non-hydrogen) atoms. The number of halogens is 2. The lowest BCUT2D eigenvalue weighted by molar-refractivity contribution is 0.207. The van der Waals surface area contributed by atoms with E-state index in [9.17, 15) is 0 Å². The number of rotatable bonds is 5. The topological polar surface area (TPSA) is 29.5 Å². The first-order valence-corrected chi connectivity index (χ1v) is 6.92. The Morgan fingerprint density at radius 2 is 1.88 bits per heavy atom. The number of hydrogen-bond acceptors (Lipinski definition) is 2. The van der Waals surface area contributed by atoms with Crippen molar-refractivity contribution in [1.82, 2.24) is 0 Å². The van der Waals surface area contributed by atoms with Gasteiger partial charge in [0.2, 0.25) is 0 Å². The quantitative estimate of drug-likeness (QED) is 0.858. The summed E-state index contributed by atoms with van der Waals surface area (Å²) in [6.07, 6.45) is 2.32. The number of aliphatic hydroxyl groups is 1. The Hall–Kier alpha value is -0.0600. The average Bonchev–Trinajstić information content (AvgIpc) is 2.23. The van der Waals surface area contributed by atoms with Crippen LogP contribution in [-0.4, -0.2) is 11.2 Å². The third kappa shape index (κ3) is 3.75. The van der Waals surface area contributed by atoms with Gasteiger partial charge in [-0.05, 0) is 62.9 Å². The van der Waals surface area contributed by atoms with Gasteiger partial charge in [-0.2, -0.15) is 0 Å². The first-order chi connectivity index (χ1) is 7.58. The van der Waals surface area contributed by atoms with E-state index in [4.69, 9.17) is 9.84 Å². The van der Waals surface area contributed by atoms with Gasteiger partial charge in [0, 0.05) is 0 Å². The predicted octanol–water partition coefficient (Wildman–Crippen LogP) is 4.27. The Kier molecular flexibility index (Phi) is 5.79. The minimum atomic E-state index is 0.0298. The molecule has 1 rings (SSSR count). The summed E-state index contributed by atoms with van der Waals surface area (Å²) in [6, 6.07) is 3.75. The molecule has 1 aromatic rings. The van der Waals surface area contributed by atoms with Gasteiger partial charge in [-0.15, -0.1) is 0 Å². The fourth-order valence-corrected chi connectivity index (χ4v) is 2.95. The lowest BCUT2D eigenvalue weighted by Crippen LogP contribution is -2.11. The van der Waals surface area contributed by atoms with E-state index < -0.39 is 0 Å². The molecular formula is C12H16Br2O2. The molecule has 0 aliphatic carbocycles. The van der Waals surface area contributed by atoms with Crippen LogP contribution in [0.4, 0.5) is 0 Å². The highest BCUT2D eigenvalue weighted by molar-refractivity contribution is 9.11. The van der Waals surface area contributed by atoms with E-state index >= 15 is 0 Å². The summed E-state index contributed by atoms with van der Waals surface area (Å²) >= 11 is 6.90. The molecule has 1 unspecified atom stereocenters. The van der Waals surface area contributed by atoms with Crippen LogP contribution >= 0.6 is 31.9 Å². The van der Waals surface area contributed by atoms with Crippen LogP contribution in [0.1, 0.15) is 32.3 Å². The van der Waals surface area contributed by atoms with Crippen LogP contribution in [0.15, 0.2) is 21.1 Å². The standard InChI is InChI=1S/C12H16Br2O2/c1-3-4-8(2)16-12-10(13)5-9(7-15)6-11(12)14/h5-6,8,15H,3-4,7H2,1-2H3. The summed E-state index contributed by atoms with van der Waals surface area (Å²) in [7, 11) is 0. The van der Waals surface area contributed by atoms with Crippen molar-refractivity contribution in [2.75, 3.05) is 0 Å².